The lowest BCUT2D eigenvalue weighted by Crippen LogP contribution is -2.30. The van der Waals surface area contributed by atoms with E-state index in [-0.39, 0.29) is 0 Å². The van der Waals surface area contributed by atoms with Gasteiger partial charge in [0.05, 0.1) is 6.54 Å². The fourth-order valence-corrected chi connectivity index (χ4v) is 1.07. The van der Waals surface area contributed by atoms with E-state index in [0.717, 1.165) is 11.1 Å². The van der Waals surface area contributed by atoms with Crippen LogP contribution in [0.4, 0.5) is 0 Å². The summed E-state index contributed by atoms with van der Waals surface area (Å²) in [5.41, 5.74) is 7.94. The lowest BCUT2D eigenvalue weighted by atomic mass is 10.1. The van der Waals surface area contributed by atoms with Crippen LogP contribution in [0.1, 0.15) is 11.1 Å². The van der Waals surface area contributed by atoms with E-state index in [4.69, 9.17) is 5.73 Å². The second kappa shape index (κ2) is 5.20. The fourth-order valence-electron chi connectivity index (χ4n) is 1.07. The molecule has 0 aliphatic rings. The van der Waals surface area contributed by atoms with Gasteiger partial charge in [-0.1, -0.05) is 36.9 Å². The molecule has 0 atom stereocenters. The van der Waals surface area contributed by atoms with Crippen LogP contribution in [-0.4, -0.2) is 25.0 Å². The van der Waals surface area contributed by atoms with E-state index in [0.29, 0.717) is 12.5 Å². The largest absolute Gasteiger partial charge is 0.370 e. The van der Waals surface area contributed by atoms with E-state index in [2.05, 4.69) is 11.6 Å². The van der Waals surface area contributed by atoms with Crippen molar-refractivity contribution >= 4 is 12.0 Å². The Morgan fingerprint density at radius 3 is 2.47 bits per heavy atom. The Balaban J connectivity index is 2.65. The van der Waals surface area contributed by atoms with Crippen LogP contribution in [0.2, 0.25) is 0 Å². The zero-order chi connectivity index (χ0) is 11.3. The van der Waals surface area contributed by atoms with Gasteiger partial charge in [0.2, 0.25) is 0 Å². The number of hydrogen-bond acceptors (Lipinski definition) is 1. The van der Waals surface area contributed by atoms with Gasteiger partial charge in [0.25, 0.3) is 0 Å². The molecule has 0 fully saturated rings. The Kier molecular flexibility index (Phi) is 3.92. The number of nitrogens with zero attached hydrogens (tertiary/aromatic N) is 2. The second-order valence-corrected chi connectivity index (χ2v) is 3.51. The van der Waals surface area contributed by atoms with Crippen LogP contribution in [0.15, 0.2) is 35.8 Å². The highest BCUT2D eigenvalue weighted by atomic mass is 15.2. The van der Waals surface area contributed by atoms with Gasteiger partial charge in [-0.3, -0.25) is 0 Å². The minimum Gasteiger partial charge on any atom is -0.370 e. The van der Waals surface area contributed by atoms with Crippen molar-refractivity contribution in [2.45, 2.75) is 6.54 Å². The monoisotopic (exact) mass is 203 g/mol. The first-order chi connectivity index (χ1) is 7.13. The summed E-state index contributed by atoms with van der Waals surface area (Å²) < 4.78 is 0. The van der Waals surface area contributed by atoms with E-state index < -0.39 is 0 Å². The van der Waals surface area contributed by atoms with Crippen molar-refractivity contribution in [3.05, 3.63) is 42.0 Å². The lowest BCUT2D eigenvalue weighted by molar-refractivity contribution is 0.609. The molecule has 0 saturated carbocycles. The molecule has 0 saturated heterocycles. The average Bonchev–Trinajstić information content (AvgIpc) is 2.26. The van der Waals surface area contributed by atoms with Gasteiger partial charge < -0.3 is 10.6 Å². The van der Waals surface area contributed by atoms with Gasteiger partial charge in [-0.2, -0.15) is 0 Å². The predicted octanol–water partition coefficient (Wildman–Crippen LogP) is 1.71. The zero-order valence-corrected chi connectivity index (χ0v) is 9.27. The number of rotatable bonds is 3. The smallest absolute Gasteiger partial charge is 0.191 e. The van der Waals surface area contributed by atoms with Gasteiger partial charge >= 0.3 is 0 Å². The molecule has 0 aromatic heterocycles. The SMILES string of the molecule is C=Cc1ccc(CN=C(N)N(C)C)cc1. The Morgan fingerprint density at radius 2 is 2.00 bits per heavy atom. The Hall–Kier alpha value is -1.77. The average molecular weight is 203 g/mol. The Labute approximate surface area is 90.9 Å². The standard InChI is InChI=1S/C12H17N3/c1-4-10-5-7-11(8-6-10)9-14-12(13)15(2)3/h4-8H,1,9H2,2-3H3,(H2,13,14). The van der Waals surface area contributed by atoms with E-state index in [1.54, 1.807) is 4.90 Å². The van der Waals surface area contributed by atoms with E-state index in [9.17, 15) is 0 Å². The first-order valence-corrected chi connectivity index (χ1v) is 4.82. The molecule has 1 aromatic carbocycles. The first-order valence-electron chi connectivity index (χ1n) is 4.82. The summed E-state index contributed by atoms with van der Waals surface area (Å²) in [5.74, 6) is 0.544. The molecule has 0 unspecified atom stereocenters. The normalized spacial score (nSPS) is 11.2. The molecule has 0 heterocycles. The van der Waals surface area contributed by atoms with E-state index in [1.165, 1.54) is 0 Å². The maximum absolute atomic E-state index is 5.68. The zero-order valence-electron chi connectivity index (χ0n) is 9.27. The van der Waals surface area contributed by atoms with Crippen LogP contribution in [0.5, 0.6) is 0 Å². The van der Waals surface area contributed by atoms with Gasteiger partial charge in [0, 0.05) is 14.1 Å². The van der Waals surface area contributed by atoms with E-state index >= 15 is 0 Å². The molecule has 1 aromatic rings. The molecule has 15 heavy (non-hydrogen) atoms. The lowest BCUT2D eigenvalue weighted by Gasteiger charge is -2.10. The molecular weight excluding hydrogens is 186 g/mol. The Morgan fingerprint density at radius 1 is 1.40 bits per heavy atom. The summed E-state index contributed by atoms with van der Waals surface area (Å²) in [6, 6.07) is 8.10. The minimum absolute atomic E-state index is 0.544. The van der Waals surface area contributed by atoms with Gasteiger partial charge in [-0.15, -0.1) is 0 Å². The maximum atomic E-state index is 5.68. The van der Waals surface area contributed by atoms with Crippen LogP contribution in [0.25, 0.3) is 6.08 Å². The molecule has 1 rings (SSSR count). The van der Waals surface area contributed by atoms with Crippen LogP contribution in [-0.2, 0) is 6.54 Å². The van der Waals surface area contributed by atoms with Crippen molar-refractivity contribution < 1.29 is 0 Å². The van der Waals surface area contributed by atoms with Crippen molar-refractivity contribution in [1.29, 1.82) is 0 Å². The molecule has 3 heteroatoms. The van der Waals surface area contributed by atoms with E-state index in [1.807, 2.05) is 44.4 Å². The molecule has 0 amide bonds. The maximum Gasteiger partial charge on any atom is 0.191 e. The molecular formula is C12H17N3. The number of guanidine groups is 1. The Bertz CT molecular complexity index is 350. The molecule has 3 nitrogen and oxygen atoms in total. The van der Waals surface area contributed by atoms with Gasteiger partial charge in [0.15, 0.2) is 5.96 Å². The van der Waals surface area contributed by atoms with Gasteiger partial charge in [-0.05, 0) is 11.1 Å². The number of nitrogens with two attached hydrogens (primary N) is 1. The van der Waals surface area contributed by atoms with Crippen LogP contribution < -0.4 is 5.73 Å². The highest BCUT2D eigenvalue weighted by Crippen LogP contribution is 2.06. The molecule has 0 aliphatic heterocycles. The molecule has 0 bridgehead atoms. The summed E-state index contributed by atoms with van der Waals surface area (Å²) in [4.78, 5) is 6.03. The number of benzene rings is 1. The van der Waals surface area contributed by atoms with Crippen molar-refractivity contribution in [1.82, 2.24) is 4.90 Å². The highest BCUT2D eigenvalue weighted by molar-refractivity contribution is 5.77. The third-order valence-electron chi connectivity index (χ3n) is 2.10. The van der Waals surface area contributed by atoms with Gasteiger partial charge in [-0.25, -0.2) is 4.99 Å². The summed E-state index contributed by atoms with van der Waals surface area (Å²) in [7, 11) is 3.75. The first kappa shape index (κ1) is 11.3. The summed E-state index contributed by atoms with van der Waals surface area (Å²) in [6.45, 7) is 4.32. The van der Waals surface area contributed by atoms with Crippen LogP contribution >= 0.6 is 0 Å². The van der Waals surface area contributed by atoms with Crippen molar-refractivity contribution in [2.24, 2.45) is 10.7 Å². The van der Waals surface area contributed by atoms with Crippen LogP contribution in [0, 0.1) is 0 Å². The predicted molar refractivity (Wildman–Crippen MR) is 65.5 cm³/mol. The van der Waals surface area contributed by atoms with Crippen LogP contribution in [0.3, 0.4) is 0 Å². The number of hydrogen-bond donors (Lipinski definition) is 1. The molecule has 80 valence electrons. The quantitative estimate of drug-likeness (QED) is 0.600. The highest BCUT2D eigenvalue weighted by Gasteiger charge is 1.94. The molecule has 0 spiro atoms. The summed E-state index contributed by atoms with van der Waals surface area (Å²) in [6.07, 6.45) is 1.82. The second-order valence-electron chi connectivity index (χ2n) is 3.51. The van der Waals surface area contributed by atoms with Crippen molar-refractivity contribution in [2.75, 3.05) is 14.1 Å². The fraction of sp³-hybridized carbons (Fsp3) is 0.250. The minimum atomic E-state index is 0.544. The topological polar surface area (TPSA) is 41.6 Å². The summed E-state index contributed by atoms with van der Waals surface area (Å²) >= 11 is 0. The summed E-state index contributed by atoms with van der Waals surface area (Å²) in [5, 5.41) is 0. The van der Waals surface area contributed by atoms with Crippen molar-refractivity contribution in [3.63, 3.8) is 0 Å². The molecule has 0 radical (unpaired) electrons. The molecule has 0 aliphatic carbocycles. The van der Waals surface area contributed by atoms with Crippen molar-refractivity contribution in [3.8, 4) is 0 Å². The third-order valence-corrected chi connectivity index (χ3v) is 2.10. The number of aliphatic imine (C=N–C) groups is 1. The molecule has 2 N–H and O–H groups in total. The third kappa shape index (κ3) is 3.46. The van der Waals surface area contributed by atoms with Gasteiger partial charge in [0.1, 0.15) is 0 Å².